The third kappa shape index (κ3) is 2.59. The molecular formula is C18H21N3O4. The fraction of sp³-hybridized carbons (Fsp3) is 0.500. The zero-order valence-corrected chi connectivity index (χ0v) is 14.3. The van der Waals surface area contributed by atoms with E-state index in [2.05, 4.69) is 15.0 Å². The Morgan fingerprint density at radius 3 is 2.96 bits per heavy atom. The molecule has 132 valence electrons. The predicted octanol–water partition coefficient (Wildman–Crippen LogP) is 2.26. The molecule has 2 aliphatic heterocycles. The highest BCUT2D eigenvalue weighted by Crippen LogP contribution is 2.49. The van der Waals surface area contributed by atoms with Crippen LogP contribution in [0.25, 0.3) is 0 Å². The summed E-state index contributed by atoms with van der Waals surface area (Å²) in [5.41, 5.74) is 0.0296. The Morgan fingerprint density at radius 2 is 2.24 bits per heavy atom. The topological polar surface area (TPSA) is 88.7 Å². The summed E-state index contributed by atoms with van der Waals surface area (Å²) in [6.45, 7) is 5.68. The number of carbonyl (C=O) groups is 1. The smallest absolute Gasteiger partial charge is 0.315 e. The number of rotatable bonds is 4. The number of aliphatic carboxylic acids is 1. The number of ether oxygens (including phenoxy) is 1. The molecule has 0 saturated carbocycles. The summed E-state index contributed by atoms with van der Waals surface area (Å²) >= 11 is 0. The van der Waals surface area contributed by atoms with E-state index < -0.39 is 11.4 Å². The second-order valence-electron chi connectivity index (χ2n) is 7.21. The van der Waals surface area contributed by atoms with Crippen LogP contribution >= 0.6 is 0 Å². The van der Waals surface area contributed by atoms with E-state index in [0.717, 1.165) is 11.3 Å². The Kier molecular flexibility index (Phi) is 3.76. The highest BCUT2D eigenvalue weighted by molar-refractivity contribution is 5.78. The Morgan fingerprint density at radius 1 is 1.44 bits per heavy atom. The fourth-order valence-corrected chi connectivity index (χ4v) is 3.81. The first kappa shape index (κ1) is 16.1. The highest BCUT2D eigenvalue weighted by Gasteiger charge is 2.56. The van der Waals surface area contributed by atoms with E-state index in [4.69, 9.17) is 9.26 Å². The number of fused-ring (bicyclic) bond motifs is 3. The minimum atomic E-state index is -0.935. The molecule has 0 spiro atoms. The molecule has 0 bridgehead atoms. The summed E-state index contributed by atoms with van der Waals surface area (Å²) in [7, 11) is 0. The molecule has 25 heavy (non-hydrogen) atoms. The maximum atomic E-state index is 12.1. The van der Waals surface area contributed by atoms with Gasteiger partial charge in [0.2, 0.25) is 5.89 Å². The van der Waals surface area contributed by atoms with Crippen LogP contribution < -0.4 is 4.74 Å². The van der Waals surface area contributed by atoms with Crippen molar-refractivity contribution in [3.05, 3.63) is 41.5 Å². The lowest BCUT2D eigenvalue weighted by atomic mass is 9.73. The summed E-state index contributed by atoms with van der Waals surface area (Å²) in [6.07, 6.45) is 0. The summed E-state index contributed by atoms with van der Waals surface area (Å²) in [5.74, 6) is 1.26. The Balaban J connectivity index is 1.61. The number of nitrogens with zero attached hydrogens (tertiary/aromatic N) is 3. The molecule has 0 amide bonds. The van der Waals surface area contributed by atoms with Crippen molar-refractivity contribution in [3.8, 4) is 5.75 Å². The molecule has 2 aliphatic rings. The van der Waals surface area contributed by atoms with Crippen molar-refractivity contribution in [2.75, 3.05) is 19.7 Å². The van der Waals surface area contributed by atoms with Crippen molar-refractivity contribution < 1.29 is 19.2 Å². The van der Waals surface area contributed by atoms with Crippen molar-refractivity contribution in [1.82, 2.24) is 15.0 Å². The van der Waals surface area contributed by atoms with Crippen LogP contribution in [0.4, 0.5) is 0 Å². The second kappa shape index (κ2) is 5.84. The normalized spacial score (nSPS) is 25.5. The SMILES string of the molecule is CC(C)c1noc(CN2C[C@@H]3c4ccccc4OC[C@]3(C(=O)O)C2)n1. The average molecular weight is 343 g/mol. The second-order valence-corrected chi connectivity index (χ2v) is 7.21. The number of hydrogen-bond donors (Lipinski definition) is 1. The molecule has 1 fully saturated rings. The van der Waals surface area contributed by atoms with Gasteiger partial charge in [-0.2, -0.15) is 4.98 Å². The Labute approximate surface area is 145 Å². The molecule has 1 aromatic carbocycles. The van der Waals surface area contributed by atoms with Crippen molar-refractivity contribution in [2.45, 2.75) is 32.2 Å². The van der Waals surface area contributed by atoms with Crippen LogP contribution in [-0.2, 0) is 11.3 Å². The van der Waals surface area contributed by atoms with Crippen LogP contribution in [0.15, 0.2) is 28.8 Å². The van der Waals surface area contributed by atoms with Crippen molar-refractivity contribution in [2.24, 2.45) is 5.41 Å². The van der Waals surface area contributed by atoms with Crippen molar-refractivity contribution >= 4 is 5.97 Å². The molecule has 2 aromatic rings. The quantitative estimate of drug-likeness (QED) is 0.911. The maximum absolute atomic E-state index is 12.1. The van der Waals surface area contributed by atoms with Gasteiger partial charge in [-0.15, -0.1) is 0 Å². The molecule has 0 aliphatic carbocycles. The molecule has 4 rings (SSSR count). The van der Waals surface area contributed by atoms with Gasteiger partial charge >= 0.3 is 5.97 Å². The molecule has 2 atom stereocenters. The van der Waals surface area contributed by atoms with Gasteiger partial charge in [-0.25, -0.2) is 0 Å². The van der Waals surface area contributed by atoms with Gasteiger partial charge in [-0.3, -0.25) is 9.69 Å². The van der Waals surface area contributed by atoms with Crippen molar-refractivity contribution in [3.63, 3.8) is 0 Å². The molecular weight excluding hydrogens is 322 g/mol. The Hall–Kier alpha value is -2.41. The van der Waals surface area contributed by atoms with Gasteiger partial charge in [-0.1, -0.05) is 37.2 Å². The third-order valence-corrected chi connectivity index (χ3v) is 5.18. The van der Waals surface area contributed by atoms with Gasteiger partial charge < -0.3 is 14.4 Å². The van der Waals surface area contributed by atoms with Gasteiger partial charge in [0.25, 0.3) is 0 Å². The van der Waals surface area contributed by atoms with Gasteiger partial charge in [0, 0.05) is 24.9 Å². The van der Waals surface area contributed by atoms with Crippen LogP contribution in [0.3, 0.4) is 0 Å². The molecule has 0 radical (unpaired) electrons. The molecule has 1 aromatic heterocycles. The largest absolute Gasteiger partial charge is 0.492 e. The number of carboxylic acids is 1. The summed E-state index contributed by atoms with van der Waals surface area (Å²) in [5, 5.41) is 13.9. The van der Waals surface area contributed by atoms with E-state index >= 15 is 0 Å². The van der Waals surface area contributed by atoms with E-state index in [1.165, 1.54) is 0 Å². The van der Waals surface area contributed by atoms with E-state index in [0.29, 0.717) is 31.3 Å². The maximum Gasteiger partial charge on any atom is 0.315 e. The number of para-hydroxylation sites is 1. The number of hydrogen-bond acceptors (Lipinski definition) is 6. The first-order chi connectivity index (χ1) is 12.0. The van der Waals surface area contributed by atoms with Gasteiger partial charge in [0.1, 0.15) is 17.8 Å². The van der Waals surface area contributed by atoms with E-state index in [-0.39, 0.29) is 18.4 Å². The third-order valence-electron chi connectivity index (χ3n) is 5.18. The van der Waals surface area contributed by atoms with Crippen LogP contribution in [0.1, 0.15) is 43.0 Å². The fourth-order valence-electron chi connectivity index (χ4n) is 3.81. The predicted molar refractivity (Wildman–Crippen MR) is 88.4 cm³/mol. The molecule has 7 heteroatoms. The lowest BCUT2D eigenvalue weighted by molar-refractivity contribution is -0.151. The van der Waals surface area contributed by atoms with Crippen LogP contribution in [-0.4, -0.2) is 45.8 Å². The van der Waals surface area contributed by atoms with Crippen molar-refractivity contribution in [1.29, 1.82) is 0 Å². The summed E-state index contributed by atoms with van der Waals surface area (Å²) in [6, 6.07) is 7.70. The zero-order valence-electron chi connectivity index (χ0n) is 14.3. The number of benzene rings is 1. The lowest BCUT2D eigenvalue weighted by Gasteiger charge is -2.35. The highest BCUT2D eigenvalue weighted by atomic mass is 16.5. The van der Waals surface area contributed by atoms with Crippen LogP contribution in [0, 0.1) is 5.41 Å². The summed E-state index contributed by atoms with van der Waals surface area (Å²) < 4.78 is 11.1. The average Bonchev–Trinajstić information content (AvgIpc) is 3.20. The number of likely N-dealkylation sites (tertiary alicyclic amines) is 1. The van der Waals surface area contributed by atoms with Crippen LogP contribution in [0.2, 0.25) is 0 Å². The molecule has 1 N–H and O–H groups in total. The van der Waals surface area contributed by atoms with E-state index in [9.17, 15) is 9.90 Å². The van der Waals surface area contributed by atoms with Crippen LogP contribution in [0.5, 0.6) is 5.75 Å². The molecule has 0 unspecified atom stereocenters. The van der Waals surface area contributed by atoms with E-state index in [1.54, 1.807) is 0 Å². The molecule has 1 saturated heterocycles. The van der Waals surface area contributed by atoms with Gasteiger partial charge in [0.15, 0.2) is 5.82 Å². The standard InChI is InChI=1S/C18H21N3O4/c1-11(2)16-19-15(25-20-16)8-21-7-13-12-5-3-4-6-14(12)24-10-18(13,9-21)17(22)23/h3-6,11,13H,7-10H2,1-2H3,(H,22,23)/t13-,18-/m1/s1. The Bertz CT molecular complexity index is 803. The van der Waals surface area contributed by atoms with Gasteiger partial charge in [0.05, 0.1) is 6.54 Å². The molecule has 7 nitrogen and oxygen atoms in total. The monoisotopic (exact) mass is 343 g/mol. The molecule has 3 heterocycles. The zero-order chi connectivity index (χ0) is 17.6. The first-order valence-electron chi connectivity index (χ1n) is 8.49. The van der Waals surface area contributed by atoms with Gasteiger partial charge in [-0.05, 0) is 11.6 Å². The minimum absolute atomic E-state index is 0.109. The first-order valence-corrected chi connectivity index (χ1v) is 8.49. The summed E-state index contributed by atoms with van der Waals surface area (Å²) in [4.78, 5) is 18.6. The lowest BCUT2D eigenvalue weighted by Crippen LogP contribution is -2.45. The minimum Gasteiger partial charge on any atom is -0.492 e. The van der Waals surface area contributed by atoms with E-state index in [1.807, 2.05) is 38.1 Å². The number of carboxylic acid groups (broad SMARTS) is 1. The number of aromatic nitrogens is 2.